The van der Waals surface area contributed by atoms with Crippen LogP contribution in [0.1, 0.15) is 11.1 Å². The molecule has 0 heterocycles. The predicted molar refractivity (Wildman–Crippen MR) is 55.4 cm³/mol. The van der Waals surface area contributed by atoms with Gasteiger partial charge >= 0.3 is 0 Å². The van der Waals surface area contributed by atoms with Crippen LogP contribution in [0.5, 0.6) is 0 Å². The predicted octanol–water partition coefficient (Wildman–Crippen LogP) is 2.76. The lowest BCUT2D eigenvalue weighted by atomic mass is 10.1. The lowest BCUT2D eigenvalue weighted by Gasteiger charge is -1.92. The van der Waals surface area contributed by atoms with Crippen LogP contribution < -0.4 is 0 Å². The third-order valence-electron chi connectivity index (χ3n) is 1.67. The summed E-state index contributed by atoms with van der Waals surface area (Å²) in [5.41, 5.74) is 2.39. The molecule has 0 saturated heterocycles. The van der Waals surface area contributed by atoms with E-state index in [4.69, 9.17) is 0 Å². The van der Waals surface area contributed by atoms with Gasteiger partial charge in [0.2, 0.25) is 0 Å². The van der Waals surface area contributed by atoms with E-state index in [1.165, 1.54) is 11.6 Å². The molecule has 1 aromatic carbocycles. The molecule has 0 amide bonds. The van der Waals surface area contributed by atoms with Gasteiger partial charge < -0.3 is 0 Å². The zero-order valence-electron chi connectivity index (χ0n) is 7.60. The van der Waals surface area contributed by atoms with E-state index in [1.807, 2.05) is 24.3 Å². The van der Waals surface area contributed by atoms with Crippen molar-refractivity contribution in [2.24, 2.45) is 0 Å². The van der Waals surface area contributed by atoms with Crippen molar-refractivity contribution in [3.05, 3.63) is 53.6 Å². The smallest absolute Gasteiger partial charge is 0.142 e. The van der Waals surface area contributed by atoms with E-state index in [2.05, 4.69) is 19.1 Å². The van der Waals surface area contributed by atoms with Crippen molar-refractivity contribution in [1.82, 2.24) is 0 Å². The molecular weight excluding hydrogens is 160 g/mol. The Kier molecular flexibility index (Phi) is 3.71. The number of carbonyl (C=O) groups is 1. The van der Waals surface area contributed by atoms with Crippen molar-refractivity contribution < 1.29 is 4.79 Å². The molecule has 0 radical (unpaired) electrons. The molecule has 1 heteroatoms. The molecule has 0 unspecified atom stereocenters. The van der Waals surface area contributed by atoms with Gasteiger partial charge in [-0.25, -0.2) is 0 Å². The Morgan fingerprint density at radius 3 is 2.31 bits per heavy atom. The zero-order valence-corrected chi connectivity index (χ0v) is 7.60. The number of hydrogen-bond donors (Lipinski definition) is 0. The Balaban J connectivity index is 2.64. The highest BCUT2D eigenvalue weighted by Crippen LogP contribution is 2.04. The normalized spacial score (nSPS) is 11.2. The molecule has 0 aliphatic rings. The molecule has 0 aliphatic carbocycles. The third kappa shape index (κ3) is 3.52. The number of benzene rings is 1. The highest BCUT2D eigenvalue weighted by Gasteiger charge is 1.83. The van der Waals surface area contributed by atoms with Crippen LogP contribution in [-0.4, -0.2) is 6.29 Å². The average Bonchev–Trinajstić information content (AvgIpc) is 2.15. The molecule has 0 aromatic heterocycles. The second kappa shape index (κ2) is 5.09. The highest BCUT2D eigenvalue weighted by molar-refractivity contribution is 5.66. The van der Waals surface area contributed by atoms with Gasteiger partial charge in [0, 0.05) is 0 Å². The fraction of sp³-hybridized carbons (Fsp3) is 0.0833. The second-order valence-electron chi connectivity index (χ2n) is 2.79. The molecule has 0 fully saturated rings. The molecule has 0 N–H and O–H groups in total. The van der Waals surface area contributed by atoms with Gasteiger partial charge in [0.1, 0.15) is 6.29 Å². The summed E-state index contributed by atoms with van der Waals surface area (Å²) < 4.78 is 0. The summed E-state index contributed by atoms with van der Waals surface area (Å²) in [4.78, 5) is 9.94. The number of allylic oxidation sites excluding steroid dienone is 3. The summed E-state index contributed by atoms with van der Waals surface area (Å²) in [6.07, 6.45) is 7.75. The molecule has 0 bridgehead atoms. The number of carbonyl (C=O) groups excluding carboxylic acids is 1. The minimum Gasteiger partial charge on any atom is -0.299 e. The molecule has 1 nitrogen and oxygen atoms in total. The Morgan fingerprint density at radius 1 is 1.00 bits per heavy atom. The van der Waals surface area contributed by atoms with Gasteiger partial charge in [-0.1, -0.05) is 48.1 Å². The number of aryl methyl sites for hydroxylation is 1. The Labute approximate surface area is 78.4 Å². The Morgan fingerprint density at radius 2 is 1.69 bits per heavy atom. The van der Waals surface area contributed by atoms with Crippen LogP contribution in [-0.2, 0) is 4.79 Å². The SMILES string of the molecule is Cc1ccc(/C=C/C=C/C=O)cc1. The maximum Gasteiger partial charge on any atom is 0.142 e. The molecule has 66 valence electrons. The summed E-state index contributed by atoms with van der Waals surface area (Å²) in [5, 5.41) is 0. The minimum absolute atomic E-state index is 0.763. The van der Waals surface area contributed by atoms with Gasteiger partial charge in [-0.05, 0) is 18.6 Å². The number of rotatable bonds is 3. The van der Waals surface area contributed by atoms with Crippen molar-refractivity contribution in [3.8, 4) is 0 Å². The lowest BCUT2D eigenvalue weighted by Crippen LogP contribution is -1.72. The summed E-state index contributed by atoms with van der Waals surface area (Å²) >= 11 is 0. The molecule has 0 spiro atoms. The Bertz CT molecular complexity index is 317. The first kappa shape index (κ1) is 9.46. The molecule has 0 aliphatic heterocycles. The van der Waals surface area contributed by atoms with E-state index in [0.717, 1.165) is 11.8 Å². The maximum absolute atomic E-state index is 9.94. The minimum atomic E-state index is 0.763. The average molecular weight is 172 g/mol. The third-order valence-corrected chi connectivity index (χ3v) is 1.67. The first-order valence-electron chi connectivity index (χ1n) is 4.18. The molecule has 1 aromatic rings. The van der Waals surface area contributed by atoms with Gasteiger partial charge in [-0.3, -0.25) is 4.79 Å². The van der Waals surface area contributed by atoms with Crippen molar-refractivity contribution in [1.29, 1.82) is 0 Å². The fourth-order valence-corrected chi connectivity index (χ4v) is 0.954. The zero-order chi connectivity index (χ0) is 9.52. The van der Waals surface area contributed by atoms with Gasteiger partial charge in [0.15, 0.2) is 0 Å². The number of hydrogen-bond acceptors (Lipinski definition) is 1. The molecular formula is C12H12O. The quantitative estimate of drug-likeness (QED) is 0.389. The fourth-order valence-electron chi connectivity index (χ4n) is 0.954. The van der Waals surface area contributed by atoms with Crippen LogP contribution in [0.25, 0.3) is 6.08 Å². The molecule has 0 atom stereocenters. The standard InChI is InChI=1S/C12H12O/c1-11-6-8-12(9-7-11)5-3-2-4-10-13/h2-10H,1H3/b4-2+,5-3+. The highest BCUT2D eigenvalue weighted by atomic mass is 16.1. The van der Waals surface area contributed by atoms with E-state index in [-0.39, 0.29) is 0 Å². The van der Waals surface area contributed by atoms with Gasteiger partial charge in [-0.15, -0.1) is 0 Å². The van der Waals surface area contributed by atoms with Crippen LogP contribution in [0.4, 0.5) is 0 Å². The van der Waals surface area contributed by atoms with E-state index < -0.39 is 0 Å². The van der Waals surface area contributed by atoms with Crippen molar-refractivity contribution in [2.75, 3.05) is 0 Å². The van der Waals surface area contributed by atoms with E-state index >= 15 is 0 Å². The number of aldehydes is 1. The van der Waals surface area contributed by atoms with Gasteiger partial charge in [0.05, 0.1) is 0 Å². The first-order chi connectivity index (χ1) is 6.33. The molecule has 1 rings (SSSR count). The van der Waals surface area contributed by atoms with Crippen molar-refractivity contribution in [2.45, 2.75) is 6.92 Å². The lowest BCUT2D eigenvalue weighted by molar-refractivity contribution is -0.104. The summed E-state index contributed by atoms with van der Waals surface area (Å²) in [7, 11) is 0. The van der Waals surface area contributed by atoms with Gasteiger partial charge in [-0.2, -0.15) is 0 Å². The van der Waals surface area contributed by atoms with Crippen molar-refractivity contribution in [3.63, 3.8) is 0 Å². The molecule has 13 heavy (non-hydrogen) atoms. The van der Waals surface area contributed by atoms with Crippen LogP contribution in [0.3, 0.4) is 0 Å². The van der Waals surface area contributed by atoms with E-state index in [9.17, 15) is 4.79 Å². The summed E-state index contributed by atoms with van der Waals surface area (Å²) in [6.45, 7) is 2.06. The summed E-state index contributed by atoms with van der Waals surface area (Å²) in [6, 6.07) is 8.20. The first-order valence-corrected chi connectivity index (χ1v) is 4.18. The summed E-state index contributed by atoms with van der Waals surface area (Å²) in [5.74, 6) is 0. The second-order valence-corrected chi connectivity index (χ2v) is 2.79. The van der Waals surface area contributed by atoms with Gasteiger partial charge in [0.25, 0.3) is 0 Å². The van der Waals surface area contributed by atoms with Crippen LogP contribution in [0.2, 0.25) is 0 Å². The molecule has 0 saturated carbocycles. The maximum atomic E-state index is 9.94. The van der Waals surface area contributed by atoms with Crippen molar-refractivity contribution >= 4 is 12.4 Å². The van der Waals surface area contributed by atoms with Crippen LogP contribution in [0, 0.1) is 6.92 Å². The van der Waals surface area contributed by atoms with E-state index in [0.29, 0.717) is 0 Å². The monoisotopic (exact) mass is 172 g/mol. The van der Waals surface area contributed by atoms with Crippen LogP contribution >= 0.6 is 0 Å². The Hall–Kier alpha value is -1.63. The largest absolute Gasteiger partial charge is 0.299 e. The van der Waals surface area contributed by atoms with E-state index in [1.54, 1.807) is 6.08 Å². The van der Waals surface area contributed by atoms with Crippen LogP contribution in [0.15, 0.2) is 42.5 Å². The topological polar surface area (TPSA) is 17.1 Å².